The largest absolute Gasteiger partial charge is 0.401 e. The molecule has 1 saturated heterocycles. The highest BCUT2D eigenvalue weighted by Gasteiger charge is 2.30. The summed E-state index contributed by atoms with van der Waals surface area (Å²) in [6.45, 7) is -0.630. The van der Waals surface area contributed by atoms with Crippen LogP contribution in [0, 0.1) is 0 Å². The van der Waals surface area contributed by atoms with Crippen LogP contribution in [0.5, 0.6) is 0 Å². The van der Waals surface area contributed by atoms with Crippen molar-refractivity contribution in [1.82, 2.24) is 10.2 Å². The molecule has 1 atom stereocenters. The lowest BCUT2D eigenvalue weighted by molar-refractivity contribution is -0.134. The van der Waals surface area contributed by atoms with Gasteiger partial charge >= 0.3 is 6.18 Å². The van der Waals surface area contributed by atoms with Crippen LogP contribution in [-0.4, -0.2) is 43.2 Å². The molecule has 1 rings (SSSR count). The molecule has 1 aliphatic rings. The predicted octanol–water partition coefficient (Wildman–Crippen LogP) is 0.759. The monoisotopic (exact) mass is 210 g/mol. The lowest BCUT2D eigenvalue weighted by Gasteiger charge is -2.30. The number of likely N-dealkylation sites (N-methyl/N-ethyl adjacent to an activating group) is 1. The second-order valence-electron chi connectivity index (χ2n) is 3.51. The molecule has 0 radical (unpaired) electrons. The minimum absolute atomic E-state index is 0.00458. The average Bonchev–Trinajstić information content (AvgIpc) is 2.06. The van der Waals surface area contributed by atoms with Gasteiger partial charge in [0.25, 0.3) is 0 Å². The van der Waals surface area contributed by atoms with Crippen LogP contribution in [0.15, 0.2) is 0 Å². The van der Waals surface area contributed by atoms with Crippen molar-refractivity contribution < 1.29 is 18.0 Å². The van der Waals surface area contributed by atoms with Gasteiger partial charge in [0.05, 0.1) is 6.54 Å². The third-order valence-corrected chi connectivity index (χ3v) is 2.22. The Morgan fingerprint density at radius 3 is 2.71 bits per heavy atom. The molecule has 1 aliphatic heterocycles. The molecule has 1 fully saturated rings. The number of carbonyl (C=O) groups excluding carboxylic acids is 1. The summed E-state index contributed by atoms with van der Waals surface area (Å²) in [4.78, 5) is 12.5. The smallest absolute Gasteiger partial charge is 0.344 e. The highest BCUT2D eigenvalue weighted by atomic mass is 19.4. The van der Waals surface area contributed by atoms with Crippen LogP contribution in [0.25, 0.3) is 0 Å². The molecule has 0 aromatic rings. The number of nitrogens with one attached hydrogen (secondary N) is 1. The Balaban J connectivity index is 2.30. The summed E-state index contributed by atoms with van der Waals surface area (Å²) in [6, 6.07) is -0.237. The number of hydrogen-bond donors (Lipinski definition) is 1. The highest BCUT2D eigenvalue weighted by molar-refractivity contribution is 5.76. The first-order valence-corrected chi connectivity index (χ1v) is 4.42. The first-order valence-electron chi connectivity index (χ1n) is 4.42. The van der Waals surface area contributed by atoms with Crippen LogP contribution in [0.2, 0.25) is 0 Å². The molecule has 1 amide bonds. The summed E-state index contributed by atoms with van der Waals surface area (Å²) >= 11 is 0. The molecule has 1 heterocycles. The van der Waals surface area contributed by atoms with Crippen LogP contribution in [-0.2, 0) is 4.79 Å². The standard InChI is InChI=1S/C8H13F3N2O/c1-13-4-6(2-3-7(13)14)12-5-8(9,10)11/h6,12H,2-5H2,1H3. The van der Waals surface area contributed by atoms with Gasteiger partial charge in [-0.15, -0.1) is 0 Å². The van der Waals surface area contributed by atoms with Crippen molar-refractivity contribution in [2.24, 2.45) is 0 Å². The maximum atomic E-state index is 11.8. The predicted molar refractivity (Wildman–Crippen MR) is 44.7 cm³/mol. The van der Waals surface area contributed by atoms with Crippen LogP contribution in [0.1, 0.15) is 12.8 Å². The van der Waals surface area contributed by atoms with Crippen molar-refractivity contribution in [2.75, 3.05) is 20.1 Å². The van der Waals surface area contributed by atoms with Gasteiger partial charge in [0, 0.05) is 26.1 Å². The Morgan fingerprint density at radius 2 is 2.21 bits per heavy atom. The summed E-state index contributed by atoms with van der Waals surface area (Å²) < 4.78 is 35.5. The highest BCUT2D eigenvalue weighted by Crippen LogP contribution is 2.15. The zero-order chi connectivity index (χ0) is 10.8. The summed E-state index contributed by atoms with van der Waals surface area (Å²) in [7, 11) is 1.60. The summed E-state index contributed by atoms with van der Waals surface area (Å²) in [5, 5.41) is 2.39. The van der Waals surface area contributed by atoms with Crippen LogP contribution in [0.4, 0.5) is 13.2 Å². The van der Waals surface area contributed by atoms with E-state index in [4.69, 9.17) is 0 Å². The average molecular weight is 210 g/mol. The maximum Gasteiger partial charge on any atom is 0.401 e. The lowest BCUT2D eigenvalue weighted by Crippen LogP contribution is -2.48. The van der Waals surface area contributed by atoms with Gasteiger partial charge in [0.15, 0.2) is 0 Å². The number of hydrogen-bond acceptors (Lipinski definition) is 2. The zero-order valence-electron chi connectivity index (χ0n) is 7.90. The van der Waals surface area contributed by atoms with Gasteiger partial charge in [0.1, 0.15) is 0 Å². The molecule has 0 aromatic carbocycles. The Morgan fingerprint density at radius 1 is 1.57 bits per heavy atom. The van der Waals surface area contributed by atoms with Crippen molar-refractivity contribution in [2.45, 2.75) is 25.1 Å². The summed E-state index contributed by atoms with van der Waals surface area (Å²) in [6.07, 6.45) is -3.37. The molecule has 0 saturated carbocycles. The van der Waals surface area contributed by atoms with Gasteiger partial charge in [-0.1, -0.05) is 0 Å². The van der Waals surface area contributed by atoms with E-state index in [2.05, 4.69) is 5.32 Å². The van der Waals surface area contributed by atoms with E-state index in [9.17, 15) is 18.0 Å². The molecule has 3 nitrogen and oxygen atoms in total. The second kappa shape index (κ2) is 4.16. The lowest BCUT2D eigenvalue weighted by atomic mass is 10.1. The van der Waals surface area contributed by atoms with Crippen molar-refractivity contribution in [3.63, 3.8) is 0 Å². The molecule has 0 aliphatic carbocycles. The number of halogens is 3. The zero-order valence-corrected chi connectivity index (χ0v) is 7.90. The topological polar surface area (TPSA) is 32.3 Å². The Kier molecular flexibility index (Phi) is 3.36. The molecule has 0 aromatic heterocycles. The third-order valence-electron chi connectivity index (χ3n) is 2.22. The number of alkyl halides is 3. The first kappa shape index (κ1) is 11.3. The van der Waals surface area contributed by atoms with Gasteiger partial charge in [-0.25, -0.2) is 0 Å². The van der Waals surface area contributed by atoms with E-state index >= 15 is 0 Å². The van der Waals surface area contributed by atoms with Crippen LogP contribution >= 0.6 is 0 Å². The molecule has 14 heavy (non-hydrogen) atoms. The molecule has 1 N–H and O–H groups in total. The van der Waals surface area contributed by atoms with Gasteiger partial charge in [-0.3, -0.25) is 4.79 Å². The summed E-state index contributed by atoms with van der Waals surface area (Å²) in [5.41, 5.74) is 0. The van der Waals surface area contributed by atoms with E-state index < -0.39 is 12.7 Å². The Labute approximate surface area is 80.3 Å². The van der Waals surface area contributed by atoms with Gasteiger partial charge in [-0.05, 0) is 6.42 Å². The number of piperidine rings is 1. The van der Waals surface area contributed by atoms with E-state index in [1.807, 2.05) is 0 Å². The fourth-order valence-electron chi connectivity index (χ4n) is 1.44. The van der Waals surface area contributed by atoms with E-state index in [1.54, 1.807) is 7.05 Å². The number of likely N-dealkylation sites (tertiary alicyclic amines) is 1. The van der Waals surface area contributed by atoms with E-state index in [0.717, 1.165) is 0 Å². The molecule has 0 spiro atoms. The fraction of sp³-hybridized carbons (Fsp3) is 0.875. The number of amides is 1. The maximum absolute atomic E-state index is 11.8. The van der Waals surface area contributed by atoms with Crippen molar-refractivity contribution in [3.05, 3.63) is 0 Å². The van der Waals surface area contributed by atoms with Gasteiger partial charge in [-0.2, -0.15) is 13.2 Å². The first-order chi connectivity index (χ1) is 6.38. The second-order valence-corrected chi connectivity index (χ2v) is 3.51. The van der Waals surface area contributed by atoms with Crippen molar-refractivity contribution in [3.8, 4) is 0 Å². The molecule has 6 heteroatoms. The molecular weight excluding hydrogens is 197 g/mol. The molecule has 1 unspecified atom stereocenters. The fourth-order valence-corrected chi connectivity index (χ4v) is 1.44. The molecular formula is C8H13F3N2O. The SMILES string of the molecule is CN1CC(NCC(F)(F)F)CCC1=O. The molecule has 82 valence electrons. The van der Waals surface area contributed by atoms with E-state index in [-0.39, 0.29) is 11.9 Å². The Bertz CT molecular complexity index is 217. The summed E-state index contributed by atoms with van der Waals surface area (Å²) in [5.74, 6) is -0.00458. The van der Waals surface area contributed by atoms with E-state index in [1.165, 1.54) is 4.90 Å². The minimum Gasteiger partial charge on any atom is -0.344 e. The van der Waals surface area contributed by atoms with Crippen molar-refractivity contribution in [1.29, 1.82) is 0 Å². The van der Waals surface area contributed by atoms with Crippen LogP contribution in [0.3, 0.4) is 0 Å². The third kappa shape index (κ3) is 3.53. The minimum atomic E-state index is -4.18. The number of rotatable bonds is 2. The number of nitrogens with zero attached hydrogens (tertiary/aromatic N) is 1. The quantitative estimate of drug-likeness (QED) is 0.729. The van der Waals surface area contributed by atoms with Crippen LogP contribution < -0.4 is 5.32 Å². The van der Waals surface area contributed by atoms with Gasteiger partial charge < -0.3 is 10.2 Å². The van der Waals surface area contributed by atoms with E-state index in [0.29, 0.717) is 19.4 Å². The normalized spacial score (nSPS) is 24.1. The molecule has 0 bridgehead atoms. The van der Waals surface area contributed by atoms with Gasteiger partial charge in [0.2, 0.25) is 5.91 Å². The Hall–Kier alpha value is -0.780. The number of carbonyl (C=O) groups is 1. The van der Waals surface area contributed by atoms with Crippen molar-refractivity contribution >= 4 is 5.91 Å².